The summed E-state index contributed by atoms with van der Waals surface area (Å²) in [5.74, 6) is -1.38. The van der Waals surface area contributed by atoms with Crippen LogP contribution in [0.5, 0.6) is 0 Å². The maximum atomic E-state index is 11.6. The number of carboxylic acid groups (broad SMARTS) is 1. The van der Waals surface area contributed by atoms with E-state index in [2.05, 4.69) is 5.10 Å². The summed E-state index contributed by atoms with van der Waals surface area (Å²) in [5, 5.41) is 11.4. The summed E-state index contributed by atoms with van der Waals surface area (Å²) >= 11 is 11.3. The molecule has 0 fully saturated rings. The van der Waals surface area contributed by atoms with Gasteiger partial charge in [-0.2, -0.15) is 18.4 Å². The summed E-state index contributed by atoms with van der Waals surface area (Å²) in [6.45, 7) is 0. The monoisotopic (exact) mass is 296 g/mol. The minimum atomic E-state index is -4.04. The molecule has 92 valence electrons. The molecular formula is C8H6Cl2N2O4S. The fourth-order valence-corrected chi connectivity index (χ4v) is 2.44. The predicted molar refractivity (Wildman–Crippen MR) is 62.9 cm³/mol. The summed E-state index contributed by atoms with van der Waals surface area (Å²) in [5.41, 5.74) is 0. The highest BCUT2D eigenvalue weighted by molar-refractivity contribution is 7.89. The van der Waals surface area contributed by atoms with E-state index in [1.807, 2.05) is 0 Å². The number of sulfonamides is 1. The second kappa shape index (κ2) is 5.35. The standard InChI is InChI=1S/C8H6Cl2N2O4S/c9-5-1-2-6(10)7(3-5)17(15,16)12-11-4-8(13)14/h1-4,12H,(H,13,14)/b11-4+. The lowest BCUT2D eigenvalue weighted by molar-refractivity contribution is -0.128. The number of hydrogen-bond acceptors (Lipinski definition) is 4. The van der Waals surface area contributed by atoms with Crippen molar-refractivity contribution in [2.75, 3.05) is 0 Å². The van der Waals surface area contributed by atoms with Gasteiger partial charge in [-0.25, -0.2) is 4.79 Å². The number of hydrazone groups is 1. The molecule has 6 nitrogen and oxygen atoms in total. The fraction of sp³-hybridized carbons (Fsp3) is 0. The van der Waals surface area contributed by atoms with Crippen LogP contribution in [-0.4, -0.2) is 25.7 Å². The zero-order valence-corrected chi connectivity index (χ0v) is 10.4. The summed E-state index contributed by atoms with van der Waals surface area (Å²) in [7, 11) is -4.04. The van der Waals surface area contributed by atoms with E-state index >= 15 is 0 Å². The van der Waals surface area contributed by atoms with E-state index in [9.17, 15) is 13.2 Å². The van der Waals surface area contributed by atoms with Gasteiger partial charge in [0.2, 0.25) is 0 Å². The maximum Gasteiger partial charge on any atom is 0.348 e. The van der Waals surface area contributed by atoms with Gasteiger partial charge in [-0.1, -0.05) is 23.2 Å². The Morgan fingerprint density at radius 1 is 1.41 bits per heavy atom. The molecule has 0 radical (unpaired) electrons. The first kappa shape index (κ1) is 13.8. The molecular weight excluding hydrogens is 291 g/mol. The molecule has 0 aliphatic rings. The first-order valence-electron chi connectivity index (χ1n) is 4.06. The number of carboxylic acids is 1. The van der Waals surface area contributed by atoms with Gasteiger partial charge in [0, 0.05) is 5.02 Å². The van der Waals surface area contributed by atoms with Crippen molar-refractivity contribution in [3.05, 3.63) is 28.2 Å². The van der Waals surface area contributed by atoms with Crippen LogP contribution in [0, 0.1) is 0 Å². The van der Waals surface area contributed by atoms with Crippen LogP contribution < -0.4 is 4.83 Å². The Labute approximate surface area is 107 Å². The lowest BCUT2D eigenvalue weighted by Gasteiger charge is -2.05. The number of carbonyl (C=O) groups is 1. The third-order valence-electron chi connectivity index (χ3n) is 1.53. The van der Waals surface area contributed by atoms with E-state index in [4.69, 9.17) is 28.3 Å². The van der Waals surface area contributed by atoms with Crippen molar-refractivity contribution in [2.24, 2.45) is 5.10 Å². The first-order chi connectivity index (χ1) is 7.83. The molecule has 0 amide bonds. The van der Waals surface area contributed by atoms with E-state index in [1.54, 1.807) is 4.83 Å². The van der Waals surface area contributed by atoms with Gasteiger partial charge in [0.05, 0.1) is 5.02 Å². The third-order valence-corrected chi connectivity index (χ3v) is 3.47. The second-order valence-corrected chi connectivity index (χ2v) is 5.24. The Bertz CT molecular complexity index is 571. The summed E-state index contributed by atoms with van der Waals surface area (Å²) < 4.78 is 23.3. The molecule has 1 rings (SSSR count). The largest absolute Gasteiger partial charge is 0.477 e. The topological polar surface area (TPSA) is 95.8 Å². The Hall–Kier alpha value is -1.31. The van der Waals surface area contributed by atoms with Crippen LogP contribution in [0.15, 0.2) is 28.2 Å². The fourth-order valence-electron chi connectivity index (χ4n) is 0.883. The first-order valence-corrected chi connectivity index (χ1v) is 6.29. The zero-order valence-electron chi connectivity index (χ0n) is 8.09. The van der Waals surface area contributed by atoms with Crippen molar-refractivity contribution < 1.29 is 18.3 Å². The molecule has 9 heteroatoms. The smallest absolute Gasteiger partial charge is 0.348 e. The molecule has 0 aliphatic heterocycles. The molecule has 1 aromatic rings. The molecule has 0 aromatic heterocycles. The molecule has 0 spiro atoms. The van der Waals surface area contributed by atoms with Crippen LogP contribution in [-0.2, 0) is 14.8 Å². The van der Waals surface area contributed by atoms with Crippen LogP contribution in [0.1, 0.15) is 0 Å². The number of rotatable bonds is 4. The average Bonchev–Trinajstić information content (AvgIpc) is 2.20. The van der Waals surface area contributed by atoms with E-state index < -0.39 is 16.0 Å². The Balaban J connectivity index is 3.05. The van der Waals surface area contributed by atoms with Crippen molar-refractivity contribution in [2.45, 2.75) is 4.90 Å². The van der Waals surface area contributed by atoms with Gasteiger partial charge in [-0.15, -0.1) is 0 Å². The van der Waals surface area contributed by atoms with Gasteiger partial charge in [-0.3, -0.25) is 0 Å². The Morgan fingerprint density at radius 2 is 2.06 bits per heavy atom. The van der Waals surface area contributed by atoms with Gasteiger partial charge >= 0.3 is 5.97 Å². The van der Waals surface area contributed by atoms with Crippen molar-refractivity contribution in [3.8, 4) is 0 Å². The molecule has 17 heavy (non-hydrogen) atoms. The highest BCUT2D eigenvalue weighted by atomic mass is 35.5. The van der Waals surface area contributed by atoms with Crippen molar-refractivity contribution in [3.63, 3.8) is 0 Å². The number of benzene rings is 1. The minimum Gasteiger partial charge on any atom is -0.477 e. The Kier molecular flexibility index (Phi) is 4.33. The number of halogens is 2. The molecule has 0 unspecified atom stereocenters. The van der Waals surface area contributed by atoms with Crippen LogP contribution in [0.2, 0.25) is 10.0 Å². The maximum absolute atomic E-state index is 11.6. The van der Waals surface area contributed by atoms with Crippen LogP contribution >= 0.6 is 23.2 Å². The molecule has 1 aromatic carbocycles. The minimum absolute atomic E-state index is 0.0487. The van der Waals surface area contributed by atoms with Crippen molar-refractivity contribution >= 4 is 45.4 Å². The SMILES string of the molecule is O=C(O)/C=N/NS(=O)(=O)c1cc(Cl)ccc1Cl. The van der Waals surface area contributed by atoms with Crippen molar-refractivity contribution in [1.82, 2.24) is 4.83 Å². The van der Waals surface area contributed by atoms with E-state index in [-0.39, 0.29) is 14.9 Å². The Morgan fingerprint density at radius 3 is 2.65 bits per heavy atom. The number of nitrogens with zero attached hydrogens (tertiary/aromatic N) is 1. The lowest BCUT2D eigenvalue weighted by atomic mass is 10.4. The van der Waals surface area contributed by atoms with Gasteiger partial charge in [0.25, 0.3) is 10.0 Å². The normalized spacial score (nSPS) is 11.6. The number of aliphatic carboxylic acids is 1. The summed E-state index contributed by atoms with van der Waals surface area (Å²) in [6.07, 6.45) is 0.399. The van der Waals surface area contributed by atoms with E-state index in [0.29, 0.717) is 6.21 Å². The summed E-state index contributed by atoms with van der Waals surface area (Å²) in [4.78, 5) is 11.5. The molecule has 0 bridgehead atoms. The van der Waals surface area contributed by atoms with E-state index in [0.717, 1.165) is 6.07 Å². The average molecular weight is 297 g/mol. The zero-order chi connectivity index (χ0) is 13.1. The molecule has 2 N–H and O–H groups in total. The molecule has 0 aliphatic carbocycles. The quantitative estimate of drug-likeness (QED) is 0.647. The third kappa shape index (κ3) is 3.88. The van der Waals surface area contributed by atoms with Crippen LogP contribution in [0.3, 0.4) is 0 Å². The molecule has 0 atom stereocenters. The second-order valence-electron chi connectivity index (χ2n) is 2.77. The summed E-state index contributed by atoms with van der Waals surface area (Å²) in [6, 6.07) is 3.85. The molecule has 0 saturated carbocycles. The number of hydrogen-bond donors (Lipinski definition) is 2. The highest BCUT2D eigenvalue weighted by Gasteiger charge is 2.17. The predicted octanol–water partition coefficient (Wildman–Crippen LogP) is 1.34. The van der Waals surface area contributed by atoms with Crippen LogP contribution in [0.25, 0.3) is 0 Å². The van der Waals surface area contributed by atoms with E-state index in [1.165, 1.54) is 12.1 Å². The lowest BCUT2D eigenvalue weighted by Crippen LogP contribution is -2.19. The highest BCUT2D eigenvalue weighted by Crippen LogP contribution is 2.24. The molecule has 0 heterocycles. The number of nitrogens with one attached hydrogen (secondary N) is 1. The van der Waals surface area contributed by atoms with Gasteiger partial charge < -0.3 is 5.11 Å². The van der Waals surface area contributed by atoms with Gasteiger partial charge in [0.1, 0.15) is 11.1 Å². The van der Waals surface area contributed by atoms with Gasteiger partial charge in [0.15, 0.2) is 0 Å². The van der Waals surface area contributed by atoms with Crippen LogP contribution in [0.4, 0.5) is 0 Å². The van der Waals surface area contributed by atoms with Gasteiger partial charge in [-0.05, 0) is 18.2 Å². The van der Waals surface area contributed by atoms with Crippen molar-refractivity contribution in [1.29, 1.82) is 0 Å². The molecule has 0 saturated heterocycles.